The topological polar surface area (TPSA) is 83.4 Å². The van der Waals surface area contributed by atoms with Crippen molar-refractivity contribution in [1.29, 1.82) is 0 Å². The van der Waals surface area contributed by atoms with Crippen LogP contribution in [0.15, 0.2) is 72.8 Å². The summed E-state index contributed by atoms with van der Waals surface area (Å²) in [5, 5.41) is 11.2. The van der Waals surface area contributed by atoms with Crippen LogP contribution in [0.2, 0.25) is 0 Å². The molecule has 9 heteroatoms. The highest BCUT2D eigenvalue weighted by Gasteiger charge is 2.33. The van der Waals surface area contributed by atoms with E-state index in [0.29, 0.717) is 16.8 Å². The summed E-state index contributed by atoms with van der Waals surface area (Å²) in [5.41, 5.74) is 3.76. The second-order valence-electron chi connectivity index (χ2n) is 9.50. The fourth-order valence-corrected chi connectivity index (χ4v) is 4.24. The van der Waals surface area contributed by atoms with Gasteiger partial charge < -0.3 is 15.1 Å². The number of halogens is 1. The van der Waals surface area contributed by atoms with Crippen molar-refractivity contribution in [3.8, 4) is 0 Å². The first kappa shape index (κ1) is 25.8. The van der Waals surface area contributed by atoms with Crippen molar-refractivity contribution in [2.75, 3.05) is 24.3 Å². The van der Waals surface area contributed by atoms with E-state index in [-0.39, 0.29) is 36.6 Å². The molecule has 0 aliphatic carbocycles. The molecule has 3 aromatic carbocycles. The lowest BCUT2D eigenvalue weighted by atomic mass is 10.00. The Morgan fingerprint density at radius 3 is 2.30 bits per heavy atom. The summed E-state index contributed by atoms with van der Waals surface area (Å²) < 4.78 is 15.1. The summed E-state index contributed by atoms with van der Waals surface area (Å²) in [4.78, 5) is 30.8. The predicted molar refractivity (Wildman–Crippen MR) is 143 cm³/mol. The van der Waals surface area contributed by atoms with E-state index in [0.717, 1.165) is 11.2 Å². The highest BCUT2D eigenvalue weighted by molar-refractivity contribution is 5.97. The van der Waals surface area contributed by atoms with Crippen molar-refractivity contribution < 1.29 is 14.0 Å². The molecule has 0 saturated carbocycles. The maximum absolute atomic E-state index is 13.7. The molecule has 0 saturated heterocycles. The third-order valence-electron chi connectivity index (χ3n) is 6.18. The molecule has 1 N–H and O–H groups in total. The van der Waals surface area contributed by atoms with Gasteiger partial charge in [-0.05, 0) is 60.0 Å². The van der Waals surface area contributed by atoms with Crippen LogP contribution in [0.5, 0.6) is 0 Å². The first-order chi connectivity index (χ1) is 17.7. The average molecular weight is 503 g/mol. The first-order valence-corrected chi connectivity index (χ1v) is 12.1. The molecule has 0 spiro atoms. The third kappa shape index (κ3) is 6.11. The Morgan fingerprint density at radius 2 is 1.65 bits per heavy atom. The molecular weight excluding hydrogens is 471 g/mol. The average Bonchev–Trinajstić information content (AvgIpc) is 3.27. The minimum Gasteiger partial charge on any atom is -0.378 e. The van der Waals surface area contributed by atoms with E-state index >= 15 is 0 Å². The molecule has 1 heterocycles. The van der Waals surface area contributed by atoms with Crippen molar-refractivity contribution in [2.24, 2.45) is 5.92 Å². The number of amides is 2. The summed E-state index contributed by atoms with van der Waals surface area (Å²) in [6.07, 6.45) is 0. The summed E-state index contributed by atoms with van der Waals surface area (Å²) in [6, 6.07) is 20.0. The monoisotopic (exact) mass is 502 g/mol. The summed E-state index contributed by atoms with van der Waals surface area (Å²) in [6.45, 7) is 3.85. The zero-order valence-electron chi connectivity index (χ0n) is 21.4. The van der Waals surface area contributed by atoms with E-state index in [1.807, 2.05) is 81.4 Å². The number of aromatic nitrogens is 3. The second kappa shape index (κ2) is 11.2. The number of anilines is 2. The van der Waals surface area contributed by atoms with Crippen LogP contribution in [0.3, 0.4) is 0 Å². The fourth-order valence-electron chi connectivity index (χ4n) is 4.24. The van der Waals surface area contributed by atoms with Gasteiger partial charge in [0.25, 0.3) is 0 Å². The Kier molecular flexibility index (Phi) is 7.81. The smallest absolute Gasteiger partial charge is 0.247 e. The minimum atomic E-state index is -0.777. The Morgan fingerprint density at radius 1 is 0.973 bits per heavy atom. The number of rotatable bonds is 9. The lowest BCUT2D eigenvalue weighted by Gasteiger charge is -2.33. The van der Waals surface area contributed by atoms with Gasteiger partial charge in [0, 0.05) is 32.0 Å². The number of nitrogens with zero attached hydrogens (tertiary/aromatic N) is 5. The molecule has 0 aliphatic heterocycles. The van der Waals surface area contributed by atoms with Crippen LogP contribution in [0.25, 0.3) is 11.0 Å². The van der Waals surface area contributed by atoms with E-state index in [1.54, 1.807) is 12.1 Å². The number of nitrogens with one attached hydrogen (secondary N) is 1. The number of fused-ring (bicyclic) bond motifs is 1. The Bertz CT molecular complexity index is 1370. The lowest BCUT2D eigenvalue weighted by Crippen LogP contribution is -2.50. The van der Waals surface area contributed by atoms with E-state index in [2.05, 4.69) is 15.6 Å². The summed E-state index contributed by atoms with van der Waals surface area (Å²) in [5.74, 6) is -1.16. The molecular formula is C28H31FN6O2. The van der Waals surface area contributed by atoms with Gasteiger partial charge in [-0.1, -0.05) is 43.3 Å². The van der Waals surface area contributed by atoms with Gasteiger partial charge >= 0.3 is 0 Å². The number of hydrogen-bond donors (Lipinski definition) is 1. The van der Waals surface area contributed by atoms with Crippen molar-refractivity contribution in [2.45, 2.75) is 33.0 Å². The number of carbonyl (C=O) groups excluding carboxylic acids is 2. The van der Waals surface area contributed by atoms with Gasteiger partial charge in [0.15, 0.2) is 0 Å². The van der Waals surface area contributed by atoms with Crippen LogP contribution in [0.1, 0.15) is 19.4 Å². The third-order valence-corrected chi connectivity index (χ3v) is 6.18. The minimum absolute atomic E-state index is 0.0876. The van der Waals surface area contributed by atoms with Gasteiger partial charge in [-0.25, -0.2) is 9.07 Å². The molecule has 1 aromatic heterocycles. The highest BCUT2D eigenvalue weighted by Crippen LogP contribution is 2.21. The summed E-state index contributed by atoms with van der Waals surface area (Å²) >= 11 is 0. The number of hydrogen-bond acceptors (Lipinski definition) is 5. The van der Waals surface area contributed by atoms with Gasteiger partial charge in [0.1, 0.15) is 23.9 Å². The fraction of sp³-hybridized carbons (Fsp3) is 0.286. The number of carbonyl (C=O) groups is 2. The Hall–Kier alpha value is -4.27. The van der Waals surface area contributed by atoms with Crippen LogP contribution in [-0.4, -0.2) is 51.8 Å². The maximum Gasteiger partial charge on any atom is 0.247 e. The van der Waals surface area contributed by atoms with Crippen LogP contribution < -0.4 is 10.2 Å². The van der Waals surface area contributed by atoms with Gasteiger partial charge in [0.05, 0.1) is 5.52 Å². The molecule has 192 valence electrons. The second-order valence-corrected chi connectivity index (χ2v) is 9.50. The quantitative estimate of drug-likeness (QED) is 0.368. The van der Waals surface area contributed by atoms with Crippen molar-refractivity contribution in [3.63, 3.8) is 0 Å². The summed E-state index contributed by atoms with van der Waals surface area (Å²) in [7, 11) is 3.89. The largest absolute Gasteiger partial charge is 0.378 e. The van der Waals surface area contributed by atoms with Crippen molar-refractivity contribution in [1.82, 2.24) is 19.9 Å². The lowest BCUT2D eigenvalue weighted by molar-refractivity contribution is -0.141. The highest BCUT2D eigenvalue weighted by atomic mass is 19.1. The molecule has 1 atom stereocenters. The molecule has 8 nitrogen and oxygen atoms in total. The molecule has 4 aromatic rings. The SMILES string of the molecule is CC(C)C(C(=O)Nc1ccc(N(C)C)cc1)N(Cc1ccc(F)cc1)C(=O)Cn1nnc2ccccc21. The van der Waals surface area contributed by atoms with Crippen molar-refractivity contribution in [3.05, 3.63) is 84.2 Å². The molecule has 2 amide bonds. The van der Waals surface area contributed by atoms with Gasteiger partial charge in [-0.3, -0.25) is 9.59 Å². The van der Waals surface area contributed by atoms with Crippen LogP contribution >= 0.6 is 0 Å². The molecule has 0 bridgehead atoms. The standard InChI is InChI=1S/C28H31FN6O2/c1-19(2)27(28(37)30-22-13-15-23(16-14-22)33(3)4)34(17-20-9-11-21(29)12-10-20)26(36)18-35-25-8-6-5-7-24(25)31-32-35/h5-16,19,27H,17-18H2,1-4H3,(H,30,37). The number of para-hydroxylation sites is 1. The normalized spacial score (nSPS) is 11.9. The zero-order valence-corrected chi connectivity index (χ0v) is 21.4. The Balaban J connectivity index is 1.63. The van der Waals surface area contributed by atoms with Gasteiger partial charge in [0.2, 0.25) is 11.8 Å². The molecule has 0 radical (unpaired) electrons. The Labute approximate surface area is 215 Å². The molecule has 0 fully saturated rings. The maximum atomic E-state index is 13.7. The van der Waals surface area contributed by atoms with Crippen LogP contribution in [-0.2, 0) is 22.7 Å². The van der Waals surface area contributed by atoms with E-state index in [1.165, 1.54) is 21.7 Å². The first-order valence-electron chi connectivity index (χ1n) is 12.1. The van der Waals surface area contributed by atoms with E-state index < -0.39 is 6.04 Å². The van der Waals surface area contributed by atoms with Crippen molar-refractivity contribution >= 4 is 34.2 Å². The molecule has 1 unspecified atom stereocenters. The molecule has 37 heavy (non-hydrogen) atoms. The van der Waals surface area contributed by atoms with E-state index in [4.69, 9.17) is 0 Å². The van der Waals surface area contributed by atoms with Gasteiger partial charge in [-0.15, -0.1) is 5.10 Å². The predicted octanol–water partition coefficient (Wildman–Crippen LogP) is 4.33. The van der Waals surface area contributed by atoms with Crippen LogP contribution in [0.4, 0.5) is 15.8 Å². The zero-order chi connectivity index (χ0) is 26.5. The van der Waals surface area contributed by atoms with Crippen LogP contribution in [0, 0.1) is 11.7 Å². The van der Waals surface area contributed by atoms with E-state index in [9.17, 15) is 14.0 Å². The molecule has 0 aliphatic rings. The molecule has 4 rings (SSSR count). The van der Waals surface area contributed by atoms with Gasteiger partial charge in [-0.2, -0.15) is 0 Å². The number of benzene rings is 3.